The van der Waals surface area contributed by atoms with Gasteiger partial charge in [0.25, 0.3) is 18.2 Å². The zero-order valence-electron chi connectivity index (χ0n) is 17.1. The molecule has 35 heavy (non-hydrogen) atoms. The van der Waals surface area contributed by atoms with Gasteiger partial charge in [-0.05, 0) is 48.0 Å². The standard InChI is InChI=1S/C23H12F8N2O2/c24-11-1-2-13(20(27)28)15(8-11)18-17-14(22(35)32-18)3-4-16(26)19(17)33-21(34)9-5-10(23(29,30)31)7-12(25)6-9/h1-8,18,20H,(H,32,35)(H,33,34). The predicted octanol–water partition coefficient (Wildman–Crippen LogP) is 6.15. The Bertz CT molecular complexity index is 1350. The van der Waals surface area contributed by atoms with Crippen LogP contribution in [0.5, 0.6) is 0 Å². The smallest absolute Gasteiger partial charge is 0.341 e. The van der Waals surface area contributed by atoms with E-state index in [4.69, 9.17) is 0 Å². The summed E-state index contributed by atoms with van der Waals surface area (Å²) in [6, 6.07) is 3.47. The molecule has 1 aliphatic heterocycles. The molecule has 0 aromatic heterocycles. The van der Waals surface area contributed by atoms with Gasteiger partial charge in [-0.1, -0.05) is 6.07 Å². The van der Waals surface area contributed by atoms with Crippen molar-refractivity contribution in [3.8, 4) is 0 Å². The minimum atomic E-state index is -4.99. The van der Waals surface area contributed by atoms with E-state index < -0.39 is 75.9 Å². The number of rotatable bonds is 4. The second-order valence-corrected chi connectivity index (χ2v) is 7.54. The molecule has 0 saturated carbocycles. The van der Waals surface area contributed by atoms with Gasteiger partial charge in [0.1, 0.15) is 17.5 Å². The Balaban J connectivity index is 1.82. The van der Waals surface area contributed by atoms with Crippen LogP contribution in [0.25, 0.3) is 0 Å². The summed E-state index contributed by atoms with van der Waals surface area (Å²) in [6.07, 6.45) is -8.09. The van der Waals surface area contributed by atoms with Crippen LogP contribution in [0.3, 0.4) is 0 Å². The highest BCUT2D eigenvalue weighted by molar-refractivity contribution is 6.08. The average Bonchev–Trinajstić information content (AvgIpc) is 3.10. The molecule has 1 atom stereocenters. The second kappa shape index (κ2) is 8.67. The van der Waals surface area contributed by atoms with Gasteiger partial charge in [0.05, 0.1) is 17.3 Å². The van der Waals surface area contributed by atoms with Crippen molar-refractivity contribution in [2.45, 2.75) is 18.6 Å². The van der Waals surface area contributed by atoms with Crippen molar-refractivity contribution in [2.24, 2.45) is 0 Å². The van der Waals surface area contributed by atoms with Crippen molar-refractivity contribution in [3.63, 3.8) is 0 Å². The van der Waals surface area contributed by atoms with Gasteiger partial charge in [-0.25, -0.2) is 22.0 Å². The normalized spacial score (nSPS) is 15.2. The summed E-state index contributed by atoms with van der Waals surface area (Å²) in [4.78, 5) is 25.1. The number of hydrogen-bond donors (Lipinski definition) is 2. The van der Waals surface area contributed by atoms with E-state index in [0.717, 1.165) is 24.3 Å². The molecule has 0 bridgehead atoms. The molecule has 1 aliphatic rings. The Hall–Kier alpha value is -3.96. The SMILES string of the molecule is O=C(Nc1c(F)ccc2c1C(c1cc(F)ccc1C(F)F)NC2=O)c1cc(F)cc(C(F)(F)F)c1. The molecule has 0 fully saturated rings. The summed E-state index contributed by atoms with van der Waals surface area (Å²) in [6.45, 7) is 0. The van der Waals surface area contributed by atoms with Gasteiger partial charge in [0, 0.05) is 22.3 Å². The molecule has 3 aromatic rings. The van der Waals surface area contributed by atoms with Crippen LogP contribution in [0.4, 0.5) is 40.8 Å². The van der Waals surface area contributed by atoms with Crippen LogP contribution in [0.15, 0.2) is 48.5 Å². The summed E-state index contributed by atoms with van der Waals surface area (Å²) >= 11 is 0. The number of amides is 2. The molecule has 3 aromatic carbocycles. The van der Waals surface area contributed by atoms with Gasteiger partial charge in [0.15, 0.2) is 0 Å². The highest BCUT2D eigenvalue weighted by atomic mass is 19.4. The molecule has 0 aliphatic carbocycles. The number of fused-ring (bicyclic) bond motifs is 1. The molecule has 2 amide bonds. The average molecular weight is 500 g/mol. The van der Waals surface area contributed by atoms with Crippen molar-refractivity contribution in [2.75, 3.05) is 5.32 Å². The molecule has 2 N–H and O–H groups in total. The first-order valence-corrected chi connectivity index (χ1v) is 9.76. The highest BCUT2D eigenvalue weighted by Crippen LogP contribution is 2.41. The lowest BCUT2D eigenvalue weighted by atomic mass is 9.92. The zero-order valence-corrected chi connectivity index (χ0v) is 17.1. The van der Waals surface area contributed by atoms with E-state index in [2.05, 4.69) is 5.32 Å². The van der Waals surface area contributed by atoms with E-state index in [1.807, 2.05) is 5.32 Å². The molecule has 4 nitrogen and oxygen atoms in total. The maximum Gasteiger partial charge on any atom is 0.416 e. The fourth-order valence-corrected chi connectivity index (χ4v) is 3.80. The zero-order chi connectivity index (χ0) is 25.7. The van der Waals surface area contributed by atoms with Crippen LogP contribution in [0, 0.1) is 17.5 Å². The third-order valence-corrected chi connectivity index (χ3v) is 5.32. The molecule has 1 unspecified atom stereocenters. The van der Waals surface area contributed by atoms with Crippen molar-refractivity contribution in [1.29, 1.82) is 0 Å². The van der Waals surface area contributed by atoms with E-state index in [1.54, 1.807) is 0 Å². The first-order chi connectivity index (χ1) is 16.4. The molecule has 0 spiro atoms. The maximum absolute atomic E-state index is 14.8. The van der Waals surface area contributed by atoms with Crippen LogP contribution < -0.4 is 10.6 Å². The third kappa shape index (κ3) is 4.55. The van der Waals surface area contributed by atoms with Crippen molar-refractivity contribution >= 4 is 17.5 Å². The van der Waals surface area contributed by atoms with Gasteiger partial charge in [-0.2, -0.15) is 13.2 Å². The Morgan fingerprint density at radius 2 is 1.66 bits per heavy atom. The van der Waals surface area contributed by atoms with E-state index >= 15 is 0 Å². The predicted molar refractivity (Wildman–Crippen MR) is 106 cm³/mol. The minimum Gasteiger partial charge on any atom is -0.341 e. The quantitative estimate of drug-likeness (QED) is 0.423. The number of benzene rings is 3. The van der Waals surface area contributed by atoms with Crippen molar-refractivity contribution in [3.05, 3.63) is 99.4 Å². The molecule has 0 saturated heterocycles. The lowest BCUT2D eigenvalue weighted by molar-refractivity contribution is -0.137. The van der Waals surface area contributed by atoms with E-state index in [1.165, 1.54) is 0 Å². The fraction of sp³-hybridized carbons (Fsp3) is 0.130. The highest BCUT2D eigenvalue weighted by Gasteiger charge is 2.37. The number of halogens is 8. The molecule has 0 radical (unpaired) electrons. The Kier molecular flexibility index (Phi) is 5.99. The summed E-state index contributed by atoms with van der Waals surface area (Å²) < 4.78 is 109. The minimum absolute atomic E-state index is 0.159. The van der Waals surface area contributed by atoms with Crippen LogP contribution in [0.2, 0.25) is 0 Å². The summed E-state index contributed by atoms with van der Waals surface area (Å²) in [7, 11) is 0. The van der Waals surface area contributed by atoms with Crippen molar-refractivity contribution in [1.82, 2.24) is 5.32 Å². The number of carbonyl (C=O) groups is 2. The molecular formula is C23H12F8N2O2. The van der Waals surface area contributed by atoms with Gasteiger partial charge in [-0.15, -0.1) is 0 Å². The first kappa shape index (κ1) is 24.2. The van der Waals surface area contributed by atoms with Gasteiger partial charge >= 0.3 is 6.18 Å². The summed E-state index contributed by atoms with van der Waals surface area (Å²) in [5.41, 5.74) is -4.70. The topological polar surface area (TPSA) is 58.2 Å². The Morgan fingerprint density at radius 1 is 0.943 bits per heavy atom. The van der Waals surface area contributed by atoms with Gasteiger partial charge in [0.2, 0.25) is 0 Å². The molecule has 1 heterocycles. The molecular weight excluding hydrogens is 488 g/mol. The number of hydrogen-bond acceptors (Lipinski definition) is 2. The van der Waals surface area contributed by atoms with Crippen LogP contribution >= 0.6 is 0 Å². The maximum atomic E-state index is 14.8. The Labute approximate surface area is 191 Å². The lowest BCUT2D eigenvalue weighted by Gasteiger charge is -2.20. The van der Waals surface area contributed by atoms with Crippen molar-refractivity contribution < 1.29 is 44.7 Å². The summed E-state index contributed by atoms with van der Waals surface area (Å²) in [5.74, 6) is -5.71. The van der Waals surface area contributed by atoms with E-state index in [0.29, 0.717) is 18.2 Å². The van der Waals surface area contributed by atoms with Gasteiger partial charge < -0.3 is 10.6 Å². The molecule has 12 heteroatoms. The Morgan fingerprint density at radius 3 is 2.31 bits per heavy atom. The second-order valence-electron chi connectivity index (χ2n) is 7.54. The first-order valence-electron chi connectivity index (χ1n) is 9.76. The molecule has 4 rings (SSSR count). The number of alkyl halides is 5. The van der Waals surface area contributed by atoms with Crippen LogP contribution in [-0.2, 0) is 6.18 Å². The summed E-state index contributed by atoms with van der Waals surface area (Å²) in [5, 5.41) is 4.31. The molecule has 182 valence electrons. The lowest BCUT2D eigenvalue weighted by Crippen LogP contribution is -2.22. The number of carbonyl (C=O) groups excluding carboxylic acids is 2. The fourth-order valence-electron chi connectivity index (χ4n) is 3.80. The van der Waals surface area contributed by atoms with E-state index in [-0.39, 0.29) is 17.2 Å². The largest absolute Gasteiger partial charge is 0.416 e. The number of anilines is 1. The van der Waals surface area contributed by atoms with E-state index in [9.17, 15) is 44.7 Å². The van der Waals surface area contributed by atoms with Crippen LogP contribution in [0.1, 0.15) is 55.4 Å². The number of nitrogens with one attached hydrogen (secondary N) is 2. The monoisotopic (exact) mass is 500 g/mol. The van der Waals surface area contributed by atoms with Crippen LogP contribution in [-0.4, -0.2) is 11.8 Å². The van der Waals surface area contributed by atoms with Gasteiger partial charge in [-0.3, -0.25) is 9.59 Å². The third-order valence-electron chi connectivity index (χ3n) is 5.32.